The Bertz CT molecular complexity index is 426. The normalized spacial score (nSPS) is 22.4. The van der Waals surface area contributed by atoms with E-state index >= 15 is 0 Å². The second kappa shape index (κ2) is 6.50. The molecule has 1 heterocycles. The van der Waals surface area contributed by atoms with Gasteiger partial charge in [0.1, 0.15) is 6.54 Å². The molecular formula is C14H21N3O2. The quantitative estimate of drug-likeness (QED) is 0.786. The molecule has 0 atom stereocenters. The van der Waals surface area contributed by atoms with Gasteiger partial charge in [-0.2, -0.15) is 5.10 Å². The van der Waals surface area contributed by atoms with E-state index in [1.807, 2.05) is 6.08 Å². The Morgan fingerprint density at radius 2 is 2.16 bits per heavy atom. The van der Waals surface area contributed by atoms with E-state index in [4.69, 9.17) is 0 Å². The Morgan fingerprint density at radius 1 is 1.32 bits per heavy atom. The lowest BCUT2D eigenvalue weighted by molar-refractivity contribution is -0.135. The standard InChI is InChI=1S/C14H21N3O2/c1-11-6-7-12(9-11)15-16-13(18)10-17-8-4-2-3-5-14(17)19/h9H,2-8,10H2,1H3,(H,16,18)/b15-12+. The van der Waals surface area contributed by atoms with Crippen LogP contribution in [0.25, 0.3) is 0 Å². The number of hydrogen-bond acceptors (Lipinski definition) is 3. The van der Waals surface area contributed by atoms with E-state index in [-0.39, 0.29) is 18.4 Å². The van der Waals surface area contributed by atoms with E-state index in [0.29, 0.717) is 13.0 Å². The number of likely N-dealkylation sites (tertiary alicyclic amines) is 1. The van der Waals surface area contributed by atoms with Gasteiger partial charge in [0.2, 0.25) is 5.91 Å². The second-order valence-electron chi connectivity index (χ2n) is 5.25. The van der Waals surface area contributed by atoms with E-state index in [1.165, 1.54) is 5.57 Å². The zero-order valence-corrected chi connectivity index (χ0v) is 11.4. The molecule has 0 radical (unpaired) electrons. The molecule has 1 N–H and O–H groups in total. The van der Waals surface area contributed by atoms with Crippen LogP contribution >= 0.6 is 0 Å². The molecule has 1 fully saturated rings. The minimum Gasteiger partial charge on any atom is -0.333 e. The van der Waals surface area contributed by atoms with Crippen molar-refractivity contribution in [2.75, 3.05) is 13.1 Å². The Kier molecular flexibility index (Phi) is 4.71. The summed E-state index contributed by atoms with van der Waals surface area (Å²) in [7, 11) is 0. The fourth-order valence-electron chi connectivity index (χ4n) is 2.39. The maximum Gasteiger partial charge on any atom is 0.259 e. The summed E-state index contributed by atoms with van der Waals surface area (Å²) in [6, 6.07) is 0. The molecule has 0 bridgehead atoms. The molecule has 0 aromatic carbocycles. The van der Waals surface area contributed by atoms with Crippen LogP contribution < -0.4 is 5.43 Å². The highest BCUT2D eigenvalue weighted by molar-refractivity contribution is 5.98. The third-order valence-electron chi connectivity index (χ3n) is 3.52. The molecule has 2 amide bonds. The summed E-state index contributed by atoms with van der Waals surface area (Å²) < 4.78 is 0. The van der Waals surface area contributed by atoms with Crippen molar-refractivity contribution in [2.45, 2.75) is 45.4 Å². The van der Waals surface area contributed by atoms with Crippen LogP contribution in [0.1, 0.15) is 45.4 Å². The molecular weight excluding hydrogens is 242 g/mol. The van der Waals surface area contributed by atoms with Gasteiger partial charge >= 0.3 is 0 Å². The maximum atomic E-state index is 11.8. The molecule has 0 aromatic heterocycles. The summed E-state index contributed by atoms with van der Waals surface area (Å²) in [5.41, 5.74) is 4.74. The number of hydrogen-bond donors (Lipinski definition) is 1. The third kappa shape index (κ3) is 4.19. The summed E-state index contributed by atoms with van der Waals surface area (Å²) in [6.45, 7) is 2.86. The van der Waals surface area contributed by atoms with Gasteiger partial charge in [0.25, 0.3) is 5.91 Å². The van der Waals surface area contributed by atoms with Gasteiger partial charge in [-0.05, 0) is 38.7 Å². The summed E-state index contributed by atoms with van der Waals surface area (Å²) in [6.07, 6.45) is 7.43. The van der Waals surface area contributed by atoms with Gasteiger partial charge in [-0.15, -0.1) is 0 Å². The Labute approximate surface area is 113 Å². The van der Waals surface area contributed by atoms with E-state index in [9.17, 15) is 9.59 Å². The lowest BCUT2D eigenvalue weighted by Crippen LogP contribution is -2.39. The topological polar surface area (TPSA) is 61.8 Å². The highest BCUT2D eigenvalue weighted by Crippen LogP contribution is 2.14. The minimum atomic E-state index is -0.208. The first-order valence-electron chi connectivity index (χ1n) is 6.95. The Hall–Kier alpha value is -1.65. The highest BCUT2D eigenvalue weighted by atomic mass is 16.2. The lowest BCUT2D eigenvalue weighted by atomic mass is 10.2. The highest BCUT2D eigenvalue weighted by Gasteiger charge is 2.19. The average Bonchev–Trinajstić information content (AvgIpc) is 2.69. The van der Waals surface area contributed by atoms with Crippen molar-refractivity contribution in [1.82, 2.24) is 10.3 Å². The predicted octanol–water partition coefficient (Wildman–Crippen LogP) is 1.60. The zero-order chi connectivity index (χ0) is 13.7. The summed E-state index contributed by atoms with van der Waals surface area (Å²) in [4.78, 5) is 25.2. The maximum absolute atomic E-state index is 11.8. The first-order valence-corrected chi connectivity index (χ1v) is 6.95. The first-order chi connectivity index (χ1) is 9.15. The predicted molar refractivity (Wildman–Crippen MR) is 73.6 cm³/mol. The molecule has 5 heteroatoms. The second-order valence-corrected chi connectivity index (χ2v) is 5.25. The zero-order valence-electron chi connectivity index (χ0n) is 11.4. The molecule has 1 saturated heterocycles. The van der Waals surface area contributed by atoms with Crippen molar-refractivity contribution in [3.05, 3.63) is 11.6 Å². The Balaban J connectivity index is 1.82. The van der Waals surface area contributed by atoms with E-state index in [2.05, 4.69) is 17.5 Å². The van der Waals surface area contributed by atoms with Crippen molar-refractivity contribution < 1.29 is 9.59 Å². The number of allylic oxidation sites excluding steroid dienone is 2. The van der Waals surface area contributed by atoms with Crippen LogP contribution in [0.3, 0.4) is 0 Å². The molecule has 0 unspecified atom stereocenters. The van der Waals surface area contributed by atoms with Gasteiger partial charge in [-0.1, -0.05) is 12.0 Å². The van der Waals surface area contributed by atoms with E-state index in [1.54, 1.807) is 4.90 Å². The number of carbonyl (C=O) groups is 2. The average molecular weight is 263 g/mol. The number of amides is 2. The summed E-state index contributed by atoms with van der Waals surface area (Å²) >= 11 is 0. The summed E-state index contributed by atoms with van der Waals surface area (Å²) in [5, 5.41) is 4.09. The van der Waals surface area contributed by atoms with Crippen molar-refractivity contribution in [3.8, 4) is 0 Å². The number of nitrogens with one attached hydrogen (secondary N) is 1. The number of carbonyl (C=O) groups excluding carboxylic acids is 2. The van der Waals surface area contributed by atoms with Crippen molar-refractivity contribution in [1.29, 1.82) is 0 Å². The van der Waals surface area contributed by atoms with Crippen molar-refractivity contribution >= 4 is 17.5 Å². The summed E-state index contributed by atoms with van der Waals surface area (Å²) in [5.74, 6) is -0.127. The SMILES string of the molecule is CC1=C/C(=N/NC(=O)CN2CCCCCC2=O)CC1. The van der Waals surface area contributed by atoms with Crippen LogP contribution in [0, 0.1) is 0 Å². The molecule has 1 aliphatic carbocycles. The van der Waals surface area contributed by atoms with Crippen LogP contribution in [0.2, 0.25) is 0 Å². The van der Waals surface area contributed by atoms with Crippen LogP contribution in [0.5, 0.6) is 0 Å². The van der Waals surface area contributed by atoms with Crippen LogP contribution in [-0.4, -0.2) is 35.5 Å². The molecule has 5 nitrogen and oxygen atoms in total. The van der Waals surface area contributed by atoms with Gasteiger partial charge in [0, 0.05) is 13.0 Å². The van der Waals surface area contributed by atoms with Crippen LogP contribution in [0.15, 0.2) is 16.8 Å². The monoisotopic (exact) mass is 263 g/mol. The number of nitrogens with zero attached hydrogens (tertiary/aromatic N) is 2. The minimum absolute atomic E-state index is 0.0805. The van der Waals surface area contributed by atoms with Crippen LogP contribution in [0.4, 0.5) is 0 Å². The van der Waals surface area contributed by atoms with Gasteiger partial charge in [0.05, 0.1) is 5.71 Å². The van der Waals surface area contributed by atoms with E-state index < -0.39 is 0 Å². The molecule has 1 aliphatic heterocycles. The fraction of sp³-hybridized carbons (Fsp3) is 0.643. The lowest BCUT2D eigenvalue weighted by Gasteiger charge is -2.18. The van der Waals surface area contributed by atoms with Gasteiger partial charge < -0.3 is 4.90 Å². The van der Waals surface area contributed by atoms with Gasteiger partial charge in [0.15, 0.2) is 0 Å². The molecule has 2 rings (SSSR count). The van der Waals surface area contributed by atoms with Gasteiger partial charge in [-0.25, -0.2) is 5.43 Å². The fourth-order valence-corrected chi connectivity index (χ4v) is 2.39. The molecule has 0 spiro atoms. The van der Waals surface area contributed by atoms with Crippen LogP contribution in [-0.2, 0) is 9.59 Å². The molecule has 19 heavy (non-hydrogen) atoms. The largest absolute Gasteiger partial charge is 0.333 e. The first kappa shape index (κ1) is 13.8. The molecule has 0 aromatic rings. The molecule has 104 valence electrons. The Morgan fingerprint density at radius 3 is 2.89 bits per heavy atom. The van der Waals surface area contributed by atoms with Crippen molar-refractivity contribution in [2.24, 2.45) is 5.10 Å². The third-order valence-corrected chi connectivity index (χ3v) is 3.52. The number of hydrazone groups is 1. The van der Waals surface area contributed by atoms with E-state index in [0.717, 1.165) is 37.8 Å². The smallest absolute Gasteiger partial charge is 0.259 e. The number of rotatable bonds is 3. The molecule has 0 saturated carbocycles. The molecule has 2 aliphatic rings. The van der Waals surface area contributed by atoms with Gasteiger partial charge in [-0.3, -0.25) is 9.59 Å². The van der Waals surface area contributed by atoms with Crippen molar-refractivity contribution in [3.63, 3.8) is 0 Å².